The van der Waals surface area contributed by atoms with Crippen LogP contribution in [0.5, 0.6) is 11.5 Å². The Morgan fingerprint density at radius 2 is 2.29 bits per heavy atom. The lowest BCUT2D eigenvalue weighted by Gasteiger charge is -2.17. The molecule has 1 aromatic rings. The van der Waals surface area contributed by atoms with Crippen LogP contribution < -0.4 is 4.74 Å². The molecule has 17 heavy (non-hydrogen) atoms. The maximum atomic E-state index is 10.0. The maximum absolute atomic E-state index is 10.0. The number of methoxy groups -OCH3 is 1. The smallest absolute Gasteiger partial charge is 0.162 e. The van der Waals surface area contributed by atoms with Crippen molar-refractivity contribution in [3.05, 3.63) is 22.2 Å². The number of aliphatic hydroxyl groups is 1. The van der Waals surface area contributed by atoms with E-state index in [1.807, 2.05) is 6.07 Å². The van der Waals surface area contributed by atoms with Gasteiger partial charge in [-0.05, 0) is 18.6 Å². The number of aliphatic hydroxyl groups excluding tert-OH is 1. The molecule has 1 aliphatic rings. The van der Waals surface area contributed by atoms with Crippen LogP contribution in [0.15, 0.2) is 16.6 Å². The Hall–Kier alpha value is -0.780. The van der Waals surface area contributed by atoms with Crippen molar-refractivity contribution in [2.45, 2.75) is 19.1 Å². The molecule has 1 aliphatic heterocycles. The summed E-state index contributed by atoms with van der Waals surface area (Å²) in [5, 5.41) is 19.5. The molecule has 1 fully saturated rings. The third kappa shape index (κ3) is 2.91. The Morgan fingerprint density at radius 3 is 2.88 bits per heavy atom. The lowest BCUT2D eigenvalue weighted by Crippen LogP contribution is -2.21. The Morgan fingerprint density at radius 1 is 1.53 bits per heavy atom. The second-order valence-electron chi connectivity index (χ2n) is 4.29. The average Bonchev–Trinajstić information content (AvgIpc) is 2.69. The van der Waals surface area contributed by atoms with Crippen LogP contribution in [0.2, 0.25) is 0 Å². The van der Waals surface area contributed by atoms with Gasteiger partial charge >= 0.3 is 0 Å². The largest absolute Gasteiger partial charge is 0.504 e. The zero-order valence-electron chi connectivity index (χ0n) is 9.69. The number of hydrogen-bond donors (Lipinski definition) is 2. The van der Waals surface area contributed by atoms with Crippen molar-refractivity contribution in [3.8, 4) is 11.5 Å². The third-order valence-corrected chi connectivity index (χ3v) is 3.44. The molecule has 0 saturated carbocycles. The SMILES string of the molecule is COc1cc(Br)cc(CN2CC[C@@H](O)C2)c1O. The highest BCUT2D eigenvalue weighted by Gasteiger charge is 2.21. The number of ether oxygens (including phenoxy) is 1. The van der Waals surface area contributed by atoms with E-state index in [2.05, 4.69) is 20.8 Å². The number of likely N-dealkylation sites (tertiary alicyclic amines) is 1. The lowest BCUT2D eigenvalue weighted by atomic mass is 10.1. The highest BCUT2D eigenvalue weighted by molar-refractivity contribution is 9.10. The number of halogens is 1. The van der Waals surface area contributed by atoms with Gasteiger partial charge in [0.2, 0.25) is 0 Å². The fourth-order valence-electron chi connectivity index (χ4n) is 2.10. The van der Waals surface area contributed by atoms with Crippen molar-refractivity contribution in [1.82, 2.24) is 4.90 Å². The number of β-amino-alcohol motifs (C(OH)–C–C–N with tert-alkyl or cyclic N) is 1. The monoisotopic (exact) mass is 301 g/mol. The number of nitrogens with zero attached hydrogens (tertiary/aromatic N) is 1. The average molecular weight is 302 g/mol. The van der Waals surface area contributed by atoms with Gasteiger partial charge in [0, 0.05) is 29.7 Å². The van der Waals surface area contributed by atoms with Gasteiger partial charge in [0.15, 0.2) is 11.5 Å². The van der Waals surface area contributed by atoms with Crippen LogP contribution in [0.1, 0.15) is 12.0 Å². The van der Waals surface area contributed by atoms with Crippen molar-refractivity contribution in [1.29, 1.82) is 0 Å². The maximum Gasteiger partial charge on any atom is 0.162 e. The zero-order chi connectivity index (χ0) is 12.4. The first-order chi connectivity index (χ1) is 8.10. The van der Waals surface area contributed by atoms with Crippen LogP contribution in [0.3, 0.4) is 0 Å². The normalized spacial score (nSPS) is 20.8. The molecule has 4 nitrogen and oxygen atoms in total. The molecule has 0 spiro atoms. The van der Waals surface area contributed by atoms with Gasteiger partial charge in [-0.15, -0.1) is 0 Å². The fourth-order valence-corrected chi connectivity index (χ4v) is 2.59. The Labute approximate surface area is 109 Å². The first-order valence-corrected chi connectivity index (χ1v) is 6.35. The highest BCUT2D eigenvalue weighted by atomic mass is 79.9. The van der Waals surface area contributed by atoms with Crippen LogP contribution in [-0.2, 0) is 6.54 Å². The van der Waals surface area contributed by atoms with E-state index in [0.717, 1.165) is 23.0 Å². The van der Waals surface area contributed by atoms with Crippen LogP contribution in [0, 0.1) is 0 Å². The Balaban J connectivity index is 2.17. The summed E-state index contributed by atoms with van der Waals surface area (Å²) in [7, 11) is 1.53. The summed E-state index contributed by atoms with van der Waals surface area (Å²) < 4.78 is 5.98. The number of rotatable bonds is 3. The van der Waals surface area contributed by atoms with E-state index in [1.165, 1.54) is 7.11 Å². The molecule has 0 unspecified atom stereocenters. The van der Waals surface area contributed by atoms with Gasteiger partial charge in [-0.2, -0.15) is 0 Å². The van der Waals surface area contributed by atoms with Gasteiger partial charge in [-0.1, -0.05) is 15.9 Å². The second-order valence-corrected chi connectivity index (χ2v) is 5.21. The molecule has 0 radical (unpaired) electrons. The predicted molar refractivity (Wildman–Crippen MR) is 68.3 cm³/mol. The van der Waals surface area contributed by atoms with Gasteiger partial charge < -0.3 is 14.9 Å². The fraction of sp³-hybridized carbons (Fsp3) is 0.500. The topological polar surface area (TPSA) is 52.9 Å². The van der Waals surface area contributed by atoms with Gasteiger partial charge in [0.25, 0.3) is 0 Å². The Bertz CT molecular complexity index is 411. The molecule has 0 aromatic heterocycles. The lowest BCUT2D eigenvalue weighted by molar-refractivity contribution is 0.174. The van der Waals surface area contributed by atoms with Crippen LogP contribution in [-0.4, -0.2) is 41.4 Å². The first-order valence-electron chi connectivity index (χ1n) is 5.56. The summed E-state index contributed by atoms with van der Waals surface area (Å²) in [6.07, 6.45) is 0.553. The van der Waals surface area contributed by atoms with Gasteiger partial charge in [-0.3, -0.25) is 4.90 Å². The number of aromatic hydroxyl groups is 1. The predicted octanol–water partition coefficient (Wildman–Crippen LogP) is 1.73. The van der Waals surface area contributed by atoms with E-state index >= 15 is 0 Å². The van der Waals surface area contributed by atoms with Gasteiger partial charge in [0.1, 0.15) is 0 Å². The number of phenolic OH excluding ortho intramolecular Hbond substituents is 1. The minimum Gasteiger partial charge on any atom is -0.504 e. The molecule has 94 valence electrons. The van der Waals surface area contributed by atoms with Crippen molar-refractivity contribution in [2.75, 3.05) is 20.2 Å². The van der Waals surface area contributed by atoms with E-state index in [1.54, 1.807) is 6.07 Å². The Kier molecular flexibility index (Phi) is 3.91. The second kappa shape index (κ2) is 5.25. The van der Waals surface area contributed by atoms with Gasteiger partial charge in [-0.25, -0.2) is 0 Å². The molecule has 1 saturated heterocycles. The van der Waals surface area contributed by atoms with Crippen molar-refractivity contribution in [2.24, 2.45) is 0 Å². The molecule has 1 heterocycles. The van der Waals surface area contributed by atoms with Crippen molar-refractivity contribution in [3.63, 3.8) is 0 Å². The summed E-state index contributed by atoms with van der Waals surface area (Å²) in [5.41, 5.74) is 0.810. The molecule has 2 N–H and O–H groups in total. The molecule has 5 heteroatoms. The summed E-state index contributed by atoms with van der Waals surface area (Å²) in [5.74, 6) is 0.645. The number of benzene rings is 1. The third-order valence-electron chi connectivity index (χ3n) is 2.98. The van der Waals surface area contributed by atoms with Crippen LogP contribution in [0.25, 0.3) is 0 Å². The zero-order valence-corrected chi connectivity index (χ0v) is 11.3. The molecule has 2 rings (SSSR count). The van der Waals surface area contributed by atoms with E-state index in [9.17, 15) is 10.2 Å². The van der Waals surface area contributed by atoms with Gasteiger partial charge in [0.05, 0.1) is 13.2 Å². The minimum absolute atomic E-state index is 0.178. The summed E-state index contributed by atoms with van der Waals surface area (Å²) >= 11 is 3.39. The first kappa shape index (κ1) is 12.7. The van der Waals surface area contributed by atoms with Crippen LogP contribution in [0.4, 0.5) is 0 Å². The quantitative estimate of drug-likeness (QED) is 0.893. The van der Waals surface area contributed by atoms with E-state index in [0.29, 0.717) is 18.8 Å². The molecular weight excluding hydrogens is 286 g/mol. The molecule has 1 aromatic carbocycles. The van der Waals surface area contributed by atoms with Crippen LogP contribution >= 0.6 is 15.9 Å². The molecule has 0 amide bonds. The number of hydrogen-bond acceptors (Lipinski definition) is 4. The van der Waals surface area contributed by atoms with E-state index in [4.69, 9.17) is 4.74 Å². The standard InChI is InChI=1S/C12H16BrNO3/c1-17-11-5-9(13)4-8(12(11)16)6-14-3-2-10(15)7-14/h4-5,10,15-16H,2-3,6-7H2,1H3/t10-/m1/s1. The number of phenols is 1. The van der Waals surface area contributed by atoms with Crippen molar-refractivity contribution >= 4 is 15.9 Å². The van der Waals surface area contributed by atoms with E-state index in [-0.39, 0.29) is 11.9 Å². The highest BCUT2D eigenvalue weighted by Crippen LogP contribution is 2.34. The molecule has 0 bridgehead atoms. The summed E-state index contributed by atoms with van der Waals surface area (Å²) in [4.78, 5) is 2.12. The molecular formula is C12H16BrNO3. The van der Waals surface area contributed by atoms with Crippen molar-refractivity contribution < 1.29 is 14.9 Å². The minimum atomic E-state index is -0.244. The van der Waals surface area contributed by atoms with E-state index < -0.39 is 0 Å². The molecule has 1 atom stereocenters. The summed E-state index contributed by atoms with van der Waals surface area (Å²) in [6, 6.07) is 3.61. The molecule has 0 aliphatic carbocycles. The summed E-state index contributed by atoms with van der Waals surface area (Å²) in [6.45, 7) is 2.14.